The first-order valence-electron chi connectivity index (χ1n) is 8.07. The number of rotatable bonds is 7. The maximum Gasteiger partial charge on any atom is 0.307 e. The highest BCUT2D eigenvalue weighted by atomic mass is 127. The van der Waals surface area contributed by atoms with Crippen molar-refractivity contribution >= 4 is 85.3 Å². The van der Waals surface area contributed by atoms with Crippen molar-refractivity contribution in [3.8, 4) is 0 Å². The molecule has 0 fully saturated rings. The molecule has 26 heavy (non-hydrogen) atoms. The van der Waals surface area contributed by atoms with Gasteiger partial charge in [-0.3, -0.25) is 9.59 Å². The Labute approximate surface area is 194 Å². The number of anilines is 1. The summed E-state index contributed by atoms with van der Waals surface area (Å²) in [5, 5.41) is 9.25. The maximum absolute atomic E-state index is 12.9. The van der Waals surface area contributed by atoms with Crippen LogP contribution in [0.25, 0.3) is 0 Å². The van der Waals surface area contributed by atoms with E-state index in [0.29, 0.717) is 13.0 Å². The van der Waals surface area contributed by atoms with Crippen molar-refractivity contribution in [3.63, 3.8) is 0 Å². The lowest BCUT2D eigenvalue weighted by molar-refractivity contribution is -0.136. The van der Waals surface area contributed by atoms with Crippen LogP contribution >= 0.6 is 67.8 Å². The molecule has 2 aromatic carbocycles. The fourth-order valence-corrected chi connectivity index (χ4v) is 6.92. The van der Waals surface area contributed by atoms with Crippen LogP contribution in [0.5, 0.6) is 0 Å². The minimum Gasteiger partial charge on any atom is -0.481 e. The third-order valence-electron chi connectivity index (χ3n) is 3.79. The number of benzene rings is 2. The van der Waals surface area contributed by atoms with Crippen molar-refractivity contribution < 1.29 is 14.7 Å². The number of carboxylic acids is 1. The number of nitrogens with zero attached hydrogens (tertiary/aromatic N) is 1. The van der Waals surface area contributed by atoms with Gasteiger partial charge in [0.15, 0.2) is 0 Å². The number of carbonyl (C=O) groups excluding carboxylic acids is 1. The molecule has 7 heteroatoms. The van der Waals surface area contributed by atoms with Gasteiger partial charge in [0.05, 0.1) is 18.7 Å². The Morgan fingerprint density at radius 3 is 2.31 bits per heavy atom. The molecular formula is C19H18I3NO3. The molecule has 0 aliphatic heterocycles. The minimum atomic E-state index is -0.873. The number of carbonyl (C=O) groups is 2. The molecular weight excluding hydrogens is 671 g/mol. The Kier molecular flexibility index (Phi) is 8.58. The molecule has 0 aliphatic rings. The van der Waals surface area contributed by atoms with Crippen LogP contribution in [0.1, 0.15) is 30.9 Å². The summed E-state index contributed by atoms with van der Waals surface area (Å²) in [5.74, 6) is -0.822. The lowest BCUT2D eigenvalue weighted by atomic mass is 10.1. The SMILES string of the molecule is CCCC(=O)N(Cc1ccccc1)c1c(I)cc(I)c(CC(=O)O)c1I. The first kappa shape index (κ1) is 21.9. The largest absolute Gasteiger partial charge is 0.481 e. The van der Waals surface area contributed by atoms with Crippen molar-refractivity contribution in [2.45, 2.75) is 32.7 Å². The smallest absolute Gasteiger partial charge is 0.307 e. The number of hydrogen-bond acceptors (Lipinski definition) is 2. The Hall–Kier alpha value is -0.430. The third-order valence-corrected chi connectivity index (χ3v) is 6.73. The van der Waals surface area contributed by atoms with Crippen LogP contribution in [0.3, 0.4) is 0 Å². The molecule has 0 aliphatic carbocycles. The molecule has 1 amide bonds. The van der Waals surface area contributed by atoms with E-state index in [1.165, 1.54) is 0 Å². The summed E-state index contributed by atoms with van der Waals surface area (Å²) in [6.07, 6.45) is 1.17. The van der Waals surface area contributed by atoms with Crippen molar-refractivity contribution in [1.29, 1.82) is 0 Å². The van der Waals surface area contributed by atoms with E-state index in [9.17, 15) is 14.7 Å². The number of aliphatic carboxylic acids is 1. The summed E-state index contributed by atoms with van der Waals surface area (Å²) in [6.45, 7) is 2.46. The fourth-order valence-electron chi connectivity index (χ4n) is 2.59. The van der Waals surface area contributed by atoms with Crippen LogP contribution in [-0.4, -0.2) is 17.0 Å². The number of carboxylic acid groups (broad SMARTS) is 1. The number of hydrogen-bond donors (Lipinski definition) is 1. The van der Waals surface area contributed by atoms with Crippen LogP contribution in [0.2, 0.25) is 0 Å². The quantitative estimate of drug-likeness (QED) is 0.394. The van der Waals surface area contributed by atoms with E-state index in [1.54, 1.807) is 4.90 Å². The minimum absolute atomic E-state index is 0.0506. The van der Waals surface area contributed by atoms with Crippen LogP contribution in [-0.2, 0) is 22.6 Å². The first-order valence-corrected chi connectivity index (χ1v) is 11.3. The topological polar surface area (TPSA) is 57.6 Å². The normalized spacial score (nSPS) is 10.6. The predicted molar refractivity (Wildman–Crippen MR) is 128 cm³/mol. The maximum atomic E-state index is 12.9. The van der Waals surface area contributed by atoms with Gasteiger partial charge in [-0.15, -0.1) is 0 Å². The zero-order valence-electron chi connectivity index (χ0n) is 14.1. The van der Waals surface area contributed by atoms with Crippen molar-refractivity contribution in [1.82, 2.24) is 0 Å². The lowest BCUT2D eigenvalue weighted by Gasteiger charge is -2.27. The van der Waals surface area contributed by atoms with Crippen LogP contribution in [0, 0.1) is 10.7 Å². The van der Waals surface area contributed by atoms with Gasteiger partial charge in [0, 0.05) is 17.1 Å². The fraction of sp³-hybridized carbons (Fsp3) is 0.263. The summed E-state index contributed by atoms with van der Waals surface area (Å²) in [5.41, 5.74) is 2.61. The molecule has 2 aromatic rings. The van der Waals surface area contributed by atoms with Gasteiger partial charge in [-0.2, -0.15) is 0 Å². The van der Waals surface area contributed by atoms with E-state index in [0.717, 1.165) is 33.9 Å². The predicted octanol–water partition coefficient (Wildman–Crippen LogP) is 5.46. The standard InChI is InChI=1S/C19H18I3NO3/c1-2-6-16(24)23(11-12-7-4-3-5-8-12)19-15(21)10-14(20)13(18(19)22)9-17(25)26/h3-5,7-8,10H,2,6,9,11H2,1H3,(H,25,26). The Balaban J connectivity index is 2.56. The second-order valence-corrected chi connectivity index (χ2v) is 9.17. The number of halogens is 3. The molecule has 0 heterocycles. The van der Waals surface area contributed by atoms with Gasteiger partial charge >= 0.3 is 5.97 Å². The molecule has 4 nitrogen and oxygen atoms in total. The molecule has 0 saturated heterocycles. The van der Waals surface area contributed by atoms with E-state index in [2.05, 4.69) is 67.8 Å². The van der Waals surface area contributed by atoms with E-state index < -0.39 is 5.97 Å². The van der Waals surface area contributed by atoms with E-state index in [4.69, 9.17) is 0 Å². The summed E-state index contributed by atoms with van der Waals surface area (Å²) >= 11 is 6.58. The van der Waals surface area contributed by atoms with Crippen molar-refractivity contribution in [2.24, 2.45) is 0 Å². The van der Waals surface area contributed by atoms with E-state index >= 15 is 0 Å². The summed E-state index contributed by atoms with van der Waals surface area (Å²) < 4.78 is 2.69. The van der Waals surface area contributed by atoms with Gasteiger partial charge in [0.2, 0.25) is 5.91 Å². The molecule has 138 valence electrons. The summed E-state index contributed by atoms with van der Waals surface area (Å²) in [4.78, 5) is 25.9. The molecule has 0 saturated carbocycles. The molecule has 0 spiro atoms. The van der Waals surface area contributed by atoms with Gasteiger partial charge in [-0.1, -0.05) is 37.3 Å². The van der Waals surface area contributed by atoms with Crippen LogP contribution in [0.4, 0.5) is 5.69 Å². The third kappa shape index (κ3) is 5.54. The monoisotopic (exact) mass is 689 g/mol. The highest BCUT2D eigenvalue weighted by Crippen LogP contribution is 2.36. The summed E-state index contributed by atoms with van der Waals surface area (Å²) in [7, 11) is 0. The summed E-state index contributed by atoms with van der Waals surface area (Å²) in [6, 6.07) is 11.8. The van der Waals surface area contributed by atoms with Gasteiger partial charge in [0.25, 0.3) is 0 Å². The van der Waals surface area contributed by atoms with E-state index in [-0.39, 0.29) is 12.3 Å². The average Bonchev–Trinajstić information content (AvgIpc) is 2.58. The molecule has 0 radical (unpaired) electrons. The molecule has 0 unspecified atom stereocenters. The van der Waals surface area contributed by atoms with Crippen molar-refractivity contribution in [3.05, 3.63) is 58.2 Å². The molecule has 0 bridgehead atoms. The molecule has 1 N–H and O–H groups in total. The Morgan fingerprint density at radius 2 is 1.73 bits per heavy atom. The number of amides is 1. The second-order valence-electron chi connectivity index (χ2n) is 5.77. The van der Waals surface area contributed by atoms with Crippen LogP contribution in [0.15, 0.2) is 36.4 Å². The molecule has 2 rings (SSSR count). The zero-order chi connectivity index (χ0) is 19.3. The van der Waals surface area contributed by atoms with Gasteiger partial charge in [-0.05, 0) is 91.4 Å². The highest BCUT2D eigenvalue weighted by molar-refractivity contribution is 14.1. The van der Waals surface area contributed by atoms with E-state index in [1.807, 2.05) is 43.3 Å². The first-order chi connectivity index (χ1) is 12.3. The van der Waals surface area contributed by atoms with Gasteiger partial charge in [0.1, 0.15) is 0 Å². The van der Waals surface area contributed by atoms with Gasteiger partial charge < -0.3 is 10.0 Å². The van der Waals surface area contributed by atoms with Gasteiger partial charge in [-0.25, -0.2) is 0 Å². The Morgan fingerprint density at radius 1 is 1.08 bits per heavy atom. The molecule has 0 aromatic heterocycles. The van der Waals surface area contributed by atoms with Crippen molar-refractivity contribution in [2.75, 3.05) is 4.90 Å². The average molecular weight is 689 g/mol. The molecule has 0 atom stereocenters. The second kappa shape index (κ2) is 10.2. The zero-order valence-corrected chi connectivity index (χ0v) is 20.6. The Bertz CT molecular complexity index is 809. The lowest BCUT2D eigenvalue weighted by Crippen LogP contribution is -2.32. The van der Waals surface area contributed by atoms with Crippen LogP contribution < -0.4 is 4.90 Å². The highest BCUT2D eigenvalue weighted by Gasteiger charge is 2.24.